The maximum absolute atomic E-state index is 9.84. The lowest BCUT2D eigenvalue weighted by atomic mass is 10.1. The molecule has 3 rings (SSSR count). The molecule has 1 aliphatic heterocycles. The molecule has 1 saturated carbocycles. The van der Waals surface area contributed by atoms with Crippen molar-refractivity contribution in [2.75, 3.05) is 0 Å². The van der Waals surface area contributed by atoms with Crippen LogP contribution in [-0.4, -0.2) is 14.9 Å². The first-order valence-electron chi connectivity index (χ1n) is 5.09. The summed E-state index contributed by atoms with van der Waals surface area (Å²) in [4.78, 5) is 0. The molecule has 70 valence electrons. The van der Waals surface area contributed by atoms with Crippen molar-refractivity contribution in [3.8, 4) is 0 Å². The van der Waals surface area contributed by atoms with Crippen LogP contribution in [0.4, 0.5) is 0 Å². The van der Waals surface area contributed by atoms with Crippen LogP contribution in [0.15, 0.2) is 6.07 Å². The normalized spacial score (nSPS) is 23.2. The van der Waals surface area contributed by atoms with Gasteiger partial charge in [-0.2, -0.15) is 5.10 Å². The van der Waals surface area contributed by atoms with E-state index in [1.165, 1.54) is 25.0 Å². The molecule has 3 nitrogen and oxygen atoms in total. The van der Waals surface area contributed by atoms with Crippen molar-refractivity contribution in [3.63, 3.8) is 0 Å². The summed E-state index contributed by atoms with van der Waals surface area (Å²) in [5.74, 6) is 0.496. The molecule has 1 unspecified atom stereocenters. The number of rotatable bonds is 2. The molecule has 0 bridgehead atoms. The van der Waals surface area contributed by atoms with Gasteiger partial charge < -0.3 is 5.11 Å². The highest BCUT2D eigenvalue weighted by Crippen LogP contribution is 2.40. The minimum absolute atomic E-state index is 0.293. The van der Waals surface area contributed by atoms with Crippen molar-refractivity contribution in [1.29, 1.82) is 0 Å². The van der Waals surface area contributed by atoms with Crippen molar-refractivity contribution in [1.82, 2.24) is 9.78 Å². The Morgan fingerprint density at radius 3 is 3.08 bits per heavy atom. The van der Waals surface area contributed by atoms with Crippen LogP contribution >= 0.6 is 0 Å². The molecule has 2 heterocycles. The van der Waals surface area contributed by atoms with Crippen LogP contribution in [-0.2, 0) is 13.0 Å². The SMILES string of the molecule is OC(c1cc2n(n1)CCC2)C1CC1. The quantitative estimate of drug-likeness (QED) is 0.740. The number of aryl methyl sites for hydroxylation is 2. The van der Waals surface area contributed by atoms with Gasteiger partial charge in [0.25, 0.3) is 0 Å². The highest BCUT2D eigenvalue weighted by Gasteiger charge is 2.33. The van der Waals surface area contributed by atoms with Crippen LogP contribution < -0.4 is 0 Å². The smallest absolute Gasteiger partial charge is 0.101 e. The number of hydrogen-bond acceptors (Lipinski definition) is 2. The number of fused-ring (bicyclic) bond motifs is 1. The fourth-order valence-electron chi connectivity index (χ4n) is 2.08. The van der Waals surface area contributed by atoms with E-state index < -0.39 is 0 Å². The fourth-order valence-corrected chi connectivity index (χ4v) is 2.08. The van der Waals surface area contributed by atoms with Gasteiger partial charge in [0.15, 0.2) is 0 Å². The highest BCUT2D eigenvalue weighted by molar-refractivity contribution is 5.16. The Hall–Kier alpha value is -0.830. The van der Waals surface area contributed by atoms with E-state index >= 15 is 0 Å². The van der Waals surface area contributed by atoms with Crippen LogP contribution in [0.1, 0.15) is 36.8 Å². The second kappa shape index (κ2) is 2.58. The van der Waals surface area contributed by atoms with Crippen LogP contribution in [0.3, 0.4) is 0 Å². The van der Waals surface area contributed by atoms with Gasteiger partial charge in [-0.05, 0) is 37.7 Å². The lowest BCUT2D eigenvalue weighted by Gasteiger charge is -2.04. The van der Waals surface area contributed by atoms with Gasteiger partial charge in [-0.3, -0.25) is 4.68 Å². The standard InChI is InChI=1S/C10H14N2O/c13-10(7-3-4-7)9-6-8-2-1-5-12(8)11-9/h6-7,10,13H,1-5H2. The van der Waals surface area contributed by atoms with Gasteiger partial charge in [-0.25, -0.2) is 0 Å². The van der Waals surface area contributed by atoms with Crippen molar-refractivity contribution in [2.24, 2.45) is 5.92 Å². The van der Waals surface area contributed by atoms with Gasteiger partial charge in [0.05, 0.1) is 5.69 Å². The largest absolute Gasteiger partial charge is 0.386 e. The number of nitrogens with zero attached hydrogens (tertiary/aromatic N) is 2. The third kappa shape index (κ3) is 1.18. The molecule has 3 heteroatoms. The third-order valence-corrected chi connectivity index (χ3v) is 3.06. The van der Waals surface area contributed by atoms with Crippen LogP contribution in [0.2, 0.25) is 0 Å². The maximum atomic E-state index is 9.84. The zero-order chi connectivity index (χ0) is 8.84. The molecule has 0 spiro atoms. The number of hydrogen-bond donors (Lipinski definition) is 1. The van der Waals surface area contributed by atoms with Crippen LogP contribution in [0.5, 0.6) is 0 Å². The Labute approximate surface area is 77.4 Å². The Balaban J connectivity index is 1.88. The first-order valence-corrected chi connectivity index (χ1v) is 5.09. The topological polar surface area (TPSA) is 38.0 Å². The molecule has 0 saturated heterocycles. The Morgan fingerprint density at radius 1 is 1.54 bits per heavy atom. The molecule has 2 aliphatic rings. The summed E-state index contributed by atoms with van der Waals surface area (Å²) in [6.45, 7) is 1.03. The van der Waals surface area contributed by atoms with Gasteiger partial charge in [-0.1, -0.05) is 0 Å². The predicted molar refractivity (Wildman–Crippen MR) is 48.2 cm³/mol. The van der Waals surface area contributed by atoms with E-state index in [1.54, 1.807) is 0 Å². The fraction of sp³-hybridized carbons (Fsp3) is 0.700. The Kier molecular flexibility index (Phi) is 1.50. The molecule has 1 aromatic heterocycles. The van der Waals surface area contributed by atoms with E-state index in [1.807, 2.05) is 4.68 Å². The van der Waals surface area contributed by atoms with Crippen molar-refractivity contribution >= 4 is 0 Å². The summed E-state index contributed by atoms with van der Waals surface area (Å²) >= 11 is 0. The number of aliphatic hydroxyl groups excluding tert-OH is 1. The molecule has 0 amide bonds. The van der Waals surface area contributed by atoms with Crippen LogP contribution in [0, 0.1) is 5.92 Å². The molecule has 0 radical (unpaired) electrons. The lowest BCUT2D eigenvalue weighted by Crippen LogP contribution is -2.02. The molecule has 1 N–H and O–H groups in total. The Bertz CT molecular complexity index is 306. The molecule has 1 aromatic rings. The molecule has 0 aromatic carbocycles. The summed E-state index contributed by atoms with van der Waals surface area (Å²) in [5.41, 5.74) is 2.20. The molecule has 1 atom stereocenters. The van der Waals surface area contributed by atoms with E-state index in [9.17, 15) is 5.11 Å². The van der Waals surface area contributed by atoms with E-state index in [2.05, 4.69) is 11.2 Å². The number of aromatic nitrogens is 2. The molecule has 1 aliphatic carbocycles. The summed E-state index contributed by atoms with van der Waals surface area (Å²) in [5, 5.41) is 14.3. The first kappa shape index (κ1) is 7.56. The maximum Gasteiger partial charge on any atom is 0.101 e. The van der Waals surface area contributed by atoms with Gasteiger partial charge in [0.1, 0.15) is 6.10 Å². The molecule has 1 fully saturated rings. The second-order valence-corrected chi connectivity index (χ2v) is 4.17. The number of aliphatic hydroxyl groups is 1. The van der Waals surface area contributed by atoms with Crippen LogP contribution in [0.25, 0.3) is 0 Å². The average molecular weight is 178 g/mol. The first-order chi connectivity index (χ1) is 6.34. The monoisotopic (exact) mass is 178 g/mol. The van der Waals surface area contributed by atoms with Gasteiger partial charge in [-0.15, -0.1) is 0 Å². The van der Waals surface area contributed by atoms with Crippen molar-refractivity contribution in [3.05, 3.63) is 17.5 Å². The third-order valence-electron chi connectivity index (χ3n) is 3.06. The molecular formula is C10H14N2O. The van der Waals surface area contributed by atoms with E-state index in [0.29, 0.717) is 5.92 Å². The summed E-state index contributed by atoms with van der Waals surface area (Å²) in [7, 11) is 0. The lowest BCUT2D eigenvalue weighted by molar-refractivity contribution is 0.148. The summed E-state index contributed by atoms with van der Waals surface area (Å²) in [6, 6.07) is 2.08. The Morgan fingerprint density at radius 2 is 2.38 bits per heavy atom. The highest BCUT2D eigenvalue weighted by atomic mass is 16.3. The molecular weight excluding hydrogens is 164 g/mol. The minimum atomic E-state index is -0.293. The summed E-state index contributed by atoms with van der Waals surface area (Å²) < 4.78 is 2.04. The van der Waals surface area contributed by atoms with E-state index in [4.69, 9.17) is 0 Å². The van der Waals surface area contributed by atoms with Crippen molar-refractivity contribution < 1.29 is 5.11 Å². The van der Waals surface area contributed by atoms with Crippen molar-refractivity contribution in [2.45, 2.75) is 38.3 Å². The molecule has 13 heavy (non-hydrogen) atoms. The average Bonchev–Trinajstić information content (AvgIpc) is 2.73. The van der Waals surface area contributed by atoms with E-state index in [0.717, 1.165) is 18.7 Å². The summed E-state index contributed by atoms with van der Waals surface area (Å²) in [6.07, 6.45) is 4.39. The predicted octanol–water partition coefficient (Wildman–Crippen LogP) is 1.27. The second-order valence-electron chi connectivity index (χ2n) is 4.17. The zero-order valence-corrected chi connectivity index (χ0v) is 7.61. The van der Waals surface area contributed by atoms with Gasteiger partial charge >= 0.3 is 0 Å². The zero-order valence-electron chi connectivity index (χ0n) is 7.61. The van der Waals surface area contributed by atoms with E-state index in [-0.39, 0.29) is 6.10 Å². The van der Waals surface area contributed by atoms with Gasteiger partial charge in [0.2, 0.25) is 0 Å². The minimum Gasteiger partial charge on any atom is -0.386 e. The van der Waals surface area contributed by atoms with Gasteiger partial charge in [0, 0.05) is 12.2 Å².